The molecule has 0 aliphatic rings. The molecule has 0 aliphatic carbocycles. The number of hydrogen-bond donors (Lipinski definition) is 0. The second kappa shape index (κ2) is 4.73. The highest BCUT2D eigenvalue weighted by atomic mass is 35.5. The summed E-state index contributed by atoms with van der Waals surface area (Å²) in [6.07, 6.45) is 0. The largest absolute Gasteiger partial charge is 0.364 e. The Morgan fingerprint density at radius 1 is 1.14 bits per heavy atom. The first-order valence-electron chi connectivity index (χ1n) is 6.05. The van der Waals surface area contributed by atoms with Crippen LogP contribution in [-0.4, -0.2) is 14.6 Å². The molecule has 3 nitrogen and oxygen atoms in total. The number of benzene rings is 1. The second-order valence-corrected chi connectivity index (χ2v) is 5.06. The summed E-state index contributed by atoms with van der Waals surface area (Å²) in [5, 5.41) is 0.369. The van der Waals surface area contributed by atoms with Crippen molar-refractivity contribution in [1.29, 1.82) is 0 Å². The molecule has 0 radical (unpaired) electrons. The van der Waals surface area contributed by atoms with Crippen LogP contribution in [-0.2, 0) is 5.38 Å². The van der Waals surface area contributed by atoms with Gasteiger partial charge in [-0.25, -0.2) is 13.9 Å². The smallest absolute Gasteiger partial charge is 0.229 e. The zero-order chi connectivity index (χ0) is 15.2. The molecular weight excluding hydrogens is 303 g/mol. The minimum Gasteiger partial charge on any atom is -0.229 e. The van der Waals surface area contributed by atoms with Crippen molar-refractivity contribution in [2.45, 2.75) is 12.3 Å². The lowest BCUT2D eigenvalue weighted by Crippen LogP contribution is -2.12. The van der Waals surface area contributed by atoms with E-state index in [1.807, 2.05) is 0 Å². The summed E-state index contributed by atoms with van der Waals surface area (Å²) < 4.78 is 41.1. The van der Waals surface area contributed by atoms with Crippen molar-refractivity contribution >= 4 is 17.2 Å². The summed E-state index contributed by atoms with van der Waals surface area (Å²) in [5.41, 5.74) is 1.10. The van der Waals surface area contributed by atoms with E-state index in [0.717, 1.165) is 10.6 Å². The van der Waals surface area contributed by atoms with E-state index in [1.165, 1.54) is 24.3 Å². The zero-order valence-electron chi connectivity index (χ0n) is 10.8. The number of hydrogen-bond acceptors (Lipinski definition) is 2. The number of aromatic nitrogens is 3. The molecule has 2 heterocycles. The molecule has 0 amide bonds. The first-order valence-corrected chi connectivity index (χ1v) is 6.43. The van der Waals surface area contributed by atoms with Crippen LogP contribution in [0.2, 0.25) is 0 Å². The van der Waals surface area contributed by atoms with Crippen molar-refractivity contribution in [3.63, 3.8) is 0 Å². The molecule has 7 heteroatoms. The van der Waals surface area contributed by atoms with Gasteiger partial charge in [0.2, 0.25) is 0 Å². The van der Waals surface area contributed by atoms with Crippen LogP contribution in [0.4, 0.5) is 13.2 Å². The Morgan fingerprint density at radius 3 is 2.43 bits per heavy atom. The van der Waals surface area contributed by atoms with E-state index >= 15 is 0 Å². The summed E-state index contributed by atoms with van der Waals surface area (Å²) >= 11 is 5.15. The lowest BCUT2D eigenvalue weighted by Gasteiger charge is -2.12. The Balaban J connectivity index is 2.27. The number of halogens is 4. The van der Waals surface area contributed by atoms with Crippen LogP contribution < -0.4 is 0 Å². The average molecular weight is 312 g/mol. The Hall–Kier alpha value is -2.08. The molecular formula is C14H9ClF3N3. The third-order valence-corrected chi connectivity index (χ3v) is 3.17. The molecule has 0 saturated heterocycles. The van der Waals surface area contributed by atoms with Crippen molar-refractivity contribution in [2.24, 2.45) is 0 Å². The van der Waals surface area contributed by atoms with E-state index in [2.05, 4.69) is 10.1 Å². The van der Waals surface area contributed by atoms with Crippen molar-refractivity contribution in [3.8, 4) is 11.3 Å². The maximum absolute atomic E-state index is 13.6. The number of fused-ring (bicyclic) bond motifs is 1. The average Bonchev–Trinajstić information content (AvgIpc) is 2.77. The Morgan fingerprint density at radius 2 is 1.81 bits per heavy atom. The highest BCUT2D eigenvalue weighted by Crippen LogP contribution is 2.34. The summed E-state index contributed by atoms with van der Waals surface area (Å²) in [6.45, 7) is 1.67. The van der Waals surface area contributed by atoms with Gasteiger partial charge in [-0.3, -0.25) is 0 Å². The van der Waals surface area contributed by atoms with E-state index in [1.54, 1.807) is 13.0 Å². The minimum absolute atomic E-state index is 0.254. The molecule has 3 rings (SSSR count). The number of alkyl halides is 3. The third-order valence-electron chi connectivity index (χ3n) is 2.98. The monoisotopic (exact) mass is 311 g/mol. The van der Waals surface area contributed by atoms with Gasteiger partial charge in [0, 0.05) is 11.6 Å². The van der Waals surface area contributed by atoms with Crippen molar-refractivity contribution in [3.05, 3.63) is 53.6 Å². The van der Waals surface area contributed by atoms with Gasteiger partial charge in [0.05, 0.1) is 11.4 Å². The molecule has 0 saturated carbocycles. The van der Waals surface area contributed by atoms with Gasteiger partial charge < -0.3 is 0 Å². The summed E-state index contributed by atoms with van der Waals surface area (Å²) in [4.78, 5) is 4.26. The Bertz CT molecular complexity index is 807. The van der Waals surface area contributed by atoms with Crippen molar-refractivity contribution < 1.29 is 13.2 Å². The molecule has 1 aromatic carbocycles. The Kier molecular flexibility index (Phi) is 3.13. The Labute approximate surface area is 123 Å². The standard InChI is InChI=1S/C14H9ClF3N3/c1-8-6-13-19-11(9-2-4-10(16)5-3-9)7-12(14(15,17)18)21(13)20-8/h2-7H,1H3. The predicted molar refractivity (Wildman–Crippen MR) is 72.9 cm³/mol. The van der Waals surface area contributed by atoms with Gasteiger partial charge in [-0.15, -0.1) is 0 Å². The van der Waals surface area contributed by atoms with Crippen molar-refractivity contribution in [2.75, 3.05) is 0 Å². The van der Waals surface area contributed by atoms with Crippen molar-refractivity contribution in [1.82, 2.24) is 14.6 Å². The van der Waals surface area contributed by atoms with Crippen LogP contribution in [0.15, 0.2) is 36.4 Å². The quantitative estimate of drug-likeness (QED) is 0.666. The van der Waals surface area contributed by atoms with Crippen LogP contribution in [0.1, 0.15) is 11.4 Å². The van der Waals surface area contributed by atoms with Crippen LogP contribution in [0, 0.1) is 12.7 Å². The molecule has 0 atom stereocenters. The number of nitrogens with zero attached hydrogens (tertiary/aromatic N) is 3. The first-order chi connectivity index (χ1) is 9.84. The van der Waals surface area contributed by atoms with Crippen LogP contribution in [0.25, 0.3) is 16.9 Å². The SMILES string of the molecule is Cc1cc2nc(-c3ccc(F)cc3)cc(C(F)(F)Cl)n2n1. The van der Waals surface area contributed by atoms with E-state index < -0.39 is 16.9 Å². The first kappa shape index (κ1) is 13.9. The molecule has 21 heavy (non-hydrogen) atoms. The fourth-order valence-electron chi connectivity index (χ4n) is 2.06. The molecule has 0 fully saturated rings. The van der Waals surface area contributed by atoms with Crippen LogP contribution in [0.3, 0.4) is 0 Å². The molecule has 3 aromatic rings. The molecule has 0 spiro atoms. The van der Waals surface area contributed by atoms with Gasteiger partial charge in [-0.2, -0.15) is 13.9 Å². The lowest BCUT2D eigenvalue weighted by atomic mass is 10.1. The van der Waals surface area contributed by atoms with E-state index in [-0.39, 0.29) is 11.3 Å². The topological polar surface area (TPSA) is 30.2 Å². The normalized spacial score (nSPS) is 12.0. The van der Waals surface area contributed by atoms with Crippen LogP contribution >= 0.6 is 11.6 Å². The lowest BCUT2D eigenvalue weighted by molar-refractivity contribution is 0.0872. The molecule has 108 valence electrons. The third kappa shape index (κ3) is 2.58. The molecule has 0 unspecified atom stereocenters. The fourth-order valence-corrected chi connectivity index (χ4v) is 2.19. The summed E-state index contributed by atoms with van der Waals surface area (Å²) in [7, 11) is 0. The fraction of sp³-hybridized carbons (Fsp3) is 0.143. The maximum atomic E-state index is 13.6. The van der Waals surface area contributed by atoms with Gasteiger partial charge in [-0.05, 0) is 48.9 Å². The highest BCUT2D eigenvalue weighted by Gasteiger charge is 2.32. The second-order valence-electron chi connectivity index (χ2n) is 4.59. The predicted octanol–water partition coefficient (Wildman–Crippen LogP) is 4.13. The maximum Gasteiger partial charge on any atom is 0.364 e. The van der Waals surface area contributed by atoms with E-state index in [9.17, 15) is 13.2 Å². The number of rotatable bonds is 2. The molecule has 0 bridgehead atoms. The van der Waals surface area contributed by atoms with E-state index in [4.69, 9.17) is 11.6 Å². The highest BCUT2D eigenvalue weighted by molar-refractivity contribution is 6.21. The number of aryl methyl sites for hydroxylation is 1. The van der Waals surface area contributed by atoms with Crippen LogP contribution in [0.5, 0.6) is 0 Å². The molecule has 0 N–H and O–H groups in total. The van der Waals surface area contributed by atoms with Gasteiger partial charge in [0.25, 0.3) is 0 Å². The van der Waals surface area contributed by atoms with E-state index in [0.29, 0.717) is 11.3 Å². The molecule has 0 aliphatic heterocycles. The molecule has 2 aromatic heterocycles. The summed E-state index contributed by atoms with van der Waals surface area (Å²) in [5.74, 6) is -0.414. The van der Waals surface area contributed by atoms with Gasteiger partial charge in [0.1, 0.15) is 11.5 Å². The van der Waals surface area contributed by atoms with Gasteiger partial charge in [-0.1, -0.05) is 0 Å². The minimum atomic E-state index is -3.59. The van der Waals surface area contributed by atoms with Gasteiger partial charge >= 0.3 is 5.38 Å². The zero-order valence-corrected chi connectivity index (χ0v) is 11.6. The summed E-state index contributed by atoms with van der Waals surface area (Å²) in [6, 6.07) is 8.13. The van der Waals surface area contributed by atoms with Gasteiger partial charge in [0.15, 0.2) is 5.65 Å².